The molecule has 2 N–H and O–H groups in total. The number of carbonyl (C=O) groups is 2. The van der Waals surface area contributed by atoms with Crippen molar-refractivity contribution in [3.63, 3.8) is 0 Å². The summed E-state index contributed by atoms with van der Waals surface area (Å²) in [5, 5.41) is 11.4. The number of carbonyl (C=O) groups excluding carboxylic acids is 1. The first-order valence-electron chi connectivity index (χ1n) is 5.96. The molecule has 0 aromatic heterocycles. The summed E-state index contributed by atoms with van der Waals surface area (Å²) in [5.74, 6) is -0.774. The van der Waals surface area contributed by atoms with Crippen LogP contribution < -0.4 is 5.32 Å². The maximum Gasteiger partial charge on any atom is 0.303 e. The smallest absolute Gasteiger partial charge is 0.303 e. The van der Waals surface area contributed by atoms with Crippen molar-refractivity contribution in [1.29, 1.82) is 0 Å². The highest BCUT2D eigenvalue weighted by atomic mass is 16.4. The fourth-order valence-electron chi connectivity index (χ4n) is 1.39. The number of carboxylic acids is 1. The number of nitrogens with one attached hydrogen (secondary N) is 1. The first-order valence-corrected chi connectivity index (χ1v) is 5.96. The lowest BCUT2D eigenvalue weighted by atomic mass is 9.95. The summed E-state index contributed by atoms with van der Waals surface area (Å²) in [6.45, 7) is 6.13. The molecule has 0 aliphatic rings. The number of rotatable bonds is 8. The summed E-state index contributed by atoms with van der Waals surface area (Å²) in [5.41, 5.74) is -0.121. The second-order valence-electron chi connectivity index (χ2n) is 4.42. The van der Waals surface area contributed by atoms with E-state index in [2.05, 4.69) is 5.32 Å². The third kappa shape index (κ3) is 6.43. The van der Waals surface area contributed by atoms with Crippen LogP contribution in [0.25, 0.3) is 0 Å². The van der Waals surface area contributed by atoms with Crippen LogP contribution in [-0.4, -0.2) is 22.5 Å². The molecule has 0 radical (unpaired) electrons. The summed E-state index contributed by atoms with van der Waals surface area (Å²) >= 11 is 0. The van der Waals surface area contributed by atoms with E-state index in [-0.39, 0.29) is 17.9 Å². The molecule has 4 nitrogen and oxygen atoms in total. The molecule has 0 aromatic rings. The van der Waals surface area contributed by atoms with E-state index >= 15 is 0 Å². The molecule has 0 saturated heterocycles. The SMILES string of the molecule is CCC(C)(CC)NC(=O)CCCCC(=O)O. The van der Waals surface area contributed by atoms with Crippen molar-refractivity contribution in [2.75, 3.05) is 0 Å². The monoisotopic (exact) mass is 229 g/mol. The van der Waals surface area contributed by atoms with E-state index in [1.807, 2.05) is 20.8 Å². The Morgan fingerprint density at radius 3 is 2.06 bits per heavy atom. The van der Waals surface area contributed by atoms with E-state index in [4.69, 9.17) is 5.11 Å². The van der Waals surface area contributed by atoms with Gasteiger partial charge in [0.15, 0.2) is 0 Å². The fraction of sp³-hybridized carbons (Fsp3) is 0.833. The van der Waals surface area contributed by atoms with E-state index in [9.17, 15) is 9.59 Å². The normalized spacial score (nSPS) is 11.2. The van der Waals surface area contributed by atoms with E-state index in [0.29, 0.717) is 19.3 Å². The molecular weight excluding hydrogens is 206 g/mol. The second-order valence-corrected chi connectivity index (χ2v) is 4.42. The first-order chi connectivity index (χ1) is 7.43. The molecule has 16 heavy (non-hydrogen) atoms. The number of carboxylic acid groups (broad SMARTS) is 1. The Morgan fingerprint density at radius 2 is 1.62 bits per heavy atom. The molecule has 1 amide bonds. The lowest BCUT2D eigenvalue weighted by Gasteiger charge is -2.28. The van der Waals surface area contributed by atoms with Crippen molar-refractivity contribution in [1.82, 2.24) is 5.32 Å². The van der Waals surface area contributed by atoms with E-state index in [0.717, 1.165) is 12.8 Å². The Morgan fingerprint density at radius 1 is 1.12 bits per heavy atom. The lowest BCUT2D eigenvalue weighted by molar-refractivity contribution is -0.137. The zero-order valence-electron chi connectivity index (χ0n) is 10.5. The largest absolute Gasteiger partial charge is 0.481 e. The summed E-state index contributed by atoms with van der Waals surface area (Å²) in [7, 11) is 0. The lowest BCUT2D eigenvalue weighted by Crippen LogP contribution is -2.44. The summed E-state index contributed by atoms with van der Waals surface area (Å²) < 4.78 is 0. The zero-order chi connectivity index (χ0) is 12.6. The van der Waals surface area contributed by atoms with Gasteiger partial charge in [0.2, 0.25) is 5.91 Å². The van der Waals surface area contributed by atoms with Gasteiger partial charge in [-0.2, -0.15) is 0 Å². The topological polar surface area (TPSA) is 66.4 Å². The van der Waals surface area contributed by atoms with Crippen LogP contribution in [0, 0.1) is 0 Å². The van der Waals surface area contributed by atoms with Crippen molar-refractivity contribution >= 4 is 11.9 Å². The van der Waals surface area contributed by atoms with Crippen LogP contribution >= 0.6 is 0 Å². The first kappa shape index (κ1) is 14.9. The molecule has 0 fully saturated rings. The Balaban J connectivity index is 3.77. The molecule has 94 valence electrons. The van der Waals surface area contributed by atoms with Crippen molar-refractivity contribution in [2.24, 2.45) is 0 Å². The minimum atomic E-state index is -0.799. The van der Waals surface area contributed by atoms with E-state index < -0.39 is 5.97 Å². The number of unbranched alkanes of at least 4 members (excludes halogenated alkanes) is 1. The van der Waals surface area contributed by atoms with E-state index in [1.165, 1.54) is 0 Å². The van der Waals surface area contributed by atoms with Gasteiger partial charge in [-0.1, -0.05) is 13.8 Å². The van der Waals surface area contributed by atoms with Gasteiger partial charge in [-0.05, 0) is 32.6 Å². The van der Waals surface area contributed by atoms with E-state index in [1.54, 1.807) is 0 Å². The third-order valence-corrected chi connectivity index (χ3v) is 3.05. The quantitative estimate of drug-likeness (QED) is 0.628. The highest BCUT2D eigenvalue weighted by Gasteiger charge is 2.21. The molecule has 0 rings (SSSR count). The number of hydrogen-bond acceptors (Lipinski definition) is 2. The number of hydrogen-bond donors (Lipinski definition) is 2. The highest BCUT2D eigenvalue weighted by molar-refractivity contribution is 5.76. The molecular formula is C12H23NO3. The minimum absolute atomic E-state index is 0.0246. The fourth-order valence-corrected chi connectivity index (χ4v) is 1.39. The number of amides is 1. The van der Waals surface area contributed by atoms with Gasteiger partial charge in [0.1, 0.15) is 0 Å². The highest BCUT2D eigenvalue weighted by Crippen LogP contribution is 2.14. The van der Waals surface area contributed by atoms with Gasteiger partial charge in [0.05, 0.1) is 0 Å². The van der Waals surface area contributed by atoms with Crippen LogP contribution in [-0.2, 0) is 9.59 Å². The molecule has 0 atom stereocenters. The molecule has 0 aromatic carbocycles. The van der Waals surface area contributed by atoms with Gasteiger partial charge in [-0.3, -0.25) is 9.59 Å². The molecule has 4 heteroatoms. The summed E-state index contributed by atoms with van der Waals surface area (Å²) in [6.07, 6.45) is 3.59. The molecule has 0 bridgehead atoms. The average Bonchev–Trinajstić information content (AvgIpc) is 2.24. The van der Waals surface area contributed by atoms with Crippen LogP contribution in [0.2, 0.25) is 0 Å². The van der Waals surface area contributed by atoms with Crippen molar-refractivity contribution < 1.29 is 14.7 Å². The maximum atomic E-state index is 11.6. The summed E-state index contributed by atoms with van der Waals surface area (Å²) in [4.78, 5) is 21.8. The van der Waals surface area contributed by atoms with Crippen LogP contribution in [0.5, 0.6) is 0 Å². The van der Waals surface area contributed by atoms with Gasteiger partial charge in [0.25, 0.3) is 0 Å². The number of aliphatic carboxylic acids is 1. The minimum Gasteiger partial charge on any atom is -0.481 e. The Kier molecular flexibility index (Phi) is 6.77. The van der Waals surface area contributed by atoms with Crippen molar-refractivity contribution in [3.05, 3.63) is 0 Å². The van der Waals surface area contributed by atoms with Gasteiger partial charge in [-0.25, -0.2) is 0 Å². The molecule has 0 spiro atoms. The third-order valence-electron chi connectivity index (χ3n) is 3.05. The van der Waals surface area contributed by atoms with Crippen LogP contribution in [0.4, 0.5) is 0 Å². The molecule has 0 aliphatic carbocycles. The van der Waals surface area contributed by atoms with Gasteiger partial charge >= 0.3 is 5.97 Å². The molecule has 0 heterocycles. The molecule has 0 unspecified atom stereocenters. The average molecular weight is 229 g/mol. The zero-order valence-corrected chi connectivity index (χ0v) is 10.5. The van der Waals surface area contributed by atoms with Crippen molar-refractivity contribution in [3.8, 4) is 0 Å². The van der Waals surface area contributed by atoms with Crippen LogP contribution in [0.15, 0.2) is 0 Å². The Labute approximate surface area is 97.4 Å². The Hall–Kier alpha value is -1.06. The maximum absolute atomic E-state index is 11.6. The van der Waals surface area contributed by atoms with Crippen LogP contribution in [0.3, 0.4) is 0 Å². The molecule has 0 saturated carbocycles. The molecule has 0 aliphatic heterocycles. The second kappa shape index (κ2) is 7.25. The van der Waals surface area contributed by atoms with Gasteiger partial charge < -0.3 is 10.4 Å². The standard InChI is InChI=1S/C12H23NO3/c1-4-12(3,5-2)13-10(14)8-6-7-9-11(15)16/h4-9H2,1-3H3,(H,13,14)(H,15,16). The van der Waals surface area contributed by atoms with Gasteiger partial charge in [0, 0.05) is 18.4 Å². The van der Waals surface area contributed by atoms with Crippen LogP contribution in [0.1, 0.15) is 59.3 Å². The van der Waals surface area contributed by atoms with Gasteiger partial charge in [-0.15, -0.1) is 0 Å². The van der Waals surface area contributed by atoms with Crippen molar-refractivity contribution in [2.45, 2.75) is 64.8 Å². The Bertz CT molecular complexity index is 234. The predicted molar refractivity (Wildman–Crippen MR) is 63.2 cm³/mol. The predicted octanol–water partition coefficient (Wildman–Crippen LogP) is 2.33. The summed E-state index contributed by atoms with van der Waals surface area (Å²) in [6, 6.07) is 0.